The Balaban J connectivity index is 2.07. The maximum Gasteiger partial charge on any atom is 0.586 e. The molecule has 1 aromatic rings. The molecule has 0 amide bonds. The first-order chi connectivity index (χ1) is 8.65. The summed E-state index contributed by atoms with van der Waals surface area (Å²) < 4.78 is 39.4. The molecule has 0 aromatic heterocycles. The largest absolute Gasteiger partial charge is 0.586 e. The first-order valence-corrected chi connectivity index (χ1v) is 5.75. The van der Waals surface area contributed by atoms with Gasteiger partial charge < -0.3 is 14.2 Å². The second kappa shape index (κ2) is 4.36. The molecule has 1 heterocycles. The van der Waals surface area contributed by atoms with Crippen LogP contribution in [0, 0.1) is 0 Å². The molecular formula is C13H14F2O4. The number of fused-ring (bicyclic) bond motifs is 1. The fourth-order valence-corrected chi connectivity index (χ4v) is 1.65. The number of carbonyl (C=O) groups excluding carboxylic acids is 1. The lowest BCUT2D eigenvalue weighted by molar-refractivity contribution is -0.286. The van der Waals surface area contributed by atoms with Gasteiger partial charge in [0.05, 0.1) is 6.42 Å². The summed E-state index contributed by atoms with van der Waals surface area (Å²) in [5.74, 6) is -0.554. The van der Waals surface area contributed by atoms with Gasteiger partial charge in [-0.1, -0.05) is 6.07 Å². The predicted molar refractivity (Wildman–Crippen MR) is 62.2 cm³/mol. The molecule has 0 bridgehead atoms. The minimum absolute atomic E-state index is 0.0144. The van der Waals surface area contributed by atoms with Crippen LogP contribution in [-0.4, -0.2) is 17.9 Å². The van der Waals surface area contributed by atoms with Gasteiger partial charge in [-0.3, -0.25) is 4.79 Å². The summed E-state index contributed by atoms with van der Waals surface area (Å²) in [6, 6.07) is 4.21. The van der Waals surface area contributed by atoms with Gasteiger partial charge in [-0.05, 0) is 38.5 Å². The lowest BCUT2D eigenvalue weighted by atomic mass is 10.1. The minimum Gasteiger partial charge on any atom is -0.460 e. The number of ether oxygens (including phenoxy) is 3. The number of hydrogen-bond donors (Lipinski definition) is 0. The van der Waals surface area contributed by atoms with Gasteiger partial charge in [0.15, 0.2) is 11.5 Å². The lowest BCUT2D eigenvalue weighted by Crippen LogP contribution is -2.26. The van der Waals surface area contributed by atoms with Crippen LogP contribution < -0.4 is 9.47 Å². The average molecular weight is 272 g/mol. The molecule has 0 saturated heterocycles. The van der Waals surface area contributed by atoms with Crippen molar-refractivity contribution in [3.63, 3.8) is 0 Å². The van der Waals surface area contributed by atoms with Gasteiger partial charge in [0.1, 0.15) is 5.60 Å². The molecule has 0 radical (unpaired) electrons. The predicted octanol–water partition coefficient (Wildman–Crippen LogP) is 2.89. The van der Waals surface area contributed by atoms with Crippen molar-refractivity contribution in [1.29, 1.82) is 0 Å². The molecule has 0 aliphatic carbocycles. The summed E-state index contributed by atoms with van der Waals surface area (Å²) in [7, 11) is 0. The monoisotopic (exact) mass is 272 g/mol. The molecule has 19 heavy (non-hydrogen) atoms. The molecule has 0 unspecified atom stereocenters. The van der Waals surface area contributed by atoms with Gasteiger partial charge in [-0.25, -0.2) is 0 Å². The van der Waals surface area contributed by atoms with Crippen LogP contribution >= 0.6 is 0 Å². The minimum atomic E-state index is -3.65. The van der Waals surface area contributed by atoms with Gasteiger partial charge in [0.2, 0.25) is 0 Å². The molecule has 0 N–H and O–H groups in total. The molecule has 1 aromatic carbocycles. The van der Waals surface area contributed by atoms with E-state index in [1.54, 1.807) is 20.8 Å². The van der Waals surface area contributed by atoms with E-state index in [1.807, 2.05) is 0 Å². The van der Waals surface area contributed by atoms with Crippen molar-refractivity contribution in [2.24, 2.45) is 0 Å². The highest BCUT2D eigenvalue weighted by molar-refractivity contribution is 5.73. The maximum atomic E-state index is 12.8. The Labute approximate surface area is 109 Å². The highest BCUT2D eigenvalue weighted by Gasteiger charge is 2.43. The van der Waals surface area contributed by atoms with Crippen molar-refractivity contribution in [3.8, 4) is 11.5 Å². The third kappa shape index (κ3) is 3.56. The van der Waals surface area contributed by atoms with E-state index >= 15 is 0 Å². The van der Waals surface area contributed by atoms with E-state index in [9.17, 15) is 13.6 Å². The van der Waals surface area contributed by atoms with E-state index in [2.05, 4.69) is 9.47 Å². The maximum absolute atomic E-state index is 12.8. The Hall–Kier alpha value is -1.85. The third-order valence-electron chi connectivity index (χ3n) is 2.23. The van der Waals surface area contributed by atoms with Gasteiger partial charge >= 0.3 is 12.3 Å². The summed E-state index contributed by atoms with van der Waals surface area (Å²) in [5, 5.41) is 0. The Kier molecular flexibility index (Phi) is 3.12. The quantitative estimate of drug-likeness (QED) is 0.776. The molecule has 0 atom stereocenters. The lowest BCUT2D eigenvalue weighted by Gasteiger charge is -2.19. The van der Waals surface area contributed by atoms with Crippen LogP contribution in [0.4, 0.5) is 8.78 Å². The highest BCUT2D eigenvalue weighted by atomic mass is 19.3. The van der Waals surface area contributed by atoms with Gasteiger partial charge in [0.25, 0.3) is 0 Å². The second-order valence-electron chi connectivity index (χ2n) is 5.21. The summed E-state index contributed by atoms with van der Waals surface area (Å²) in [6.07, 6.45) is -3.66. The SMILES string of the molecule is CC(C)(C)OC(=O)Cc1ccc2c(c1)OC(F)(F)O2. The van der Waals surface area contributed by atoms with Crippen molar-refractivity contribution < 1.29 is 27.8 Å². The fourth-order valence-electron chi connectivity index (χ4n) is 1.65. The fraction of sp³-hybridized carbons (Fsp3) is 0.462. The smallest absolute Gasteiger partial charge is 0.460 e. The molecule has 2 rings (SSSR count). The van der Waals surface area contributed by atoms with E-state index in [-0.39, 0.29) is 17.9 Å². The van der Waals surface area contributed by atoms with E-state index < -0.39 is 17.9 Å². The van der Waals surface area contributed by atoms with Crippen molar-refractivity contribution in [2.75, 3.05) is 0 Å². The Morgan fingerprint density at radius 2 is 1.89 bits per heavy atom. The molecule has 1 aliphatic heterocycles. The summed E-state index contributed by atoms with van der Waals surface area (Å²) in [6.45, 7) is 5.27. The number of halogens is 2. The van der Waals surface area contributed by atoms with E-state index in [4.69, 9.17) is 4.74 Å². The molecule has 104 valence electrons. The zero-order chi connectivity index (χ0) is 14.3. The second-order valence-corrected chi connectivity index (χ2v) is 5.21. The van der Waals surface area contributed by atoms with Crippen molar-refractivity contribution in [3.05, 3.63) is 23.8 Å². The van der Waals surface area contributed by atoms with Crippen LogP contribution in [0.3, 0.4) is 0 Å². The molecule has 6 heteroatoms. The highest BCUT2D eigenvalue weighted by Crippen LogP contribution is 2.41. The Morgan fingerprint density at radius 3 is 2.53 bits per heavy atom. The van der Waals surface area contributed by atoms with Gasteiger partial charge in [-0.2, -0.15) is 0 Å². The van der Waals surface area contributed by atoms with Crippen LogP contribution in [0.5, 0.6) is 11.5 Å². The number of alkyl halides is 2. The summed E-state index contributed by atoms with van der Waals surface area (Å²) in [5.41, 5.74) is -0.0604. The number of rotatable bonds is 2. The normalized spacial score (nSPS) is 16.3. The van der Waals surface area contributed by atoms with E-state index in [1.165, 1.54) is 18.2 Å². The zero-order valence-corrected chi connectivity index (χ0v) is 10.8. The van der Waals surface area contributed by atoms with Crippen molar-refractivity contribution >= 4 is 5.97 Å². The van der Waals surface area contributed by atoms with Gasteiger partial charge in [0, 0.05) is 0 Å². The number of esters is 1. The molecule has 1 aliphatic rings. The number of benzene rings is 1. The standard InChI is InChI=1S/C13H14F2O4/c1-12(2,3)19-11(16)7-8-4-5-9-10(6-8)18-13(14,15)17-9/h4-6H,7H2,1-3H3. The Bertz CT molecular complexity index is 506. The van der Waals surface area contributed by atoms with Crippen molar-refractivity contribution in [1.82, 2.24) is 0 Å². The van der Waals surface area contributed by atoms with Gasteiger partial charge in [-0.15, -0.1) is 8.78 Å². The zero-order valence-electron chi connectivity index (χ0n) is 10.8. The molecular weight excluding hydrogens is 258 g/mol. The number of hydrogen-bond acceptors (Lipinski definition) is 4. The van der Waals surface area contributed by atoms with E-state index in [0.717, 1.165) is 0 Å². The van der Waals surface area contributed by atoms with Crippen LogP contribution in [0.1, 0.15) is 26.3 Å². The molecule has 0 fully saturated rings. The van der Waals surface area contributed by atoms with Crippen LogP contribution in [-0.2, 0) is 16.0 Å². The first-order valence-electron chi connectivity index (χ1n) is 5.75. The summed E-state index contributed by atoms with van der Waals surface area (Å²) in [4.78, 5) is 11.6. The molecule has 0 saturated carbocycles. The topological polar surface area (TPSA) is 44.8 Å². The summed E-state index contributed by atoms with van der Waals surface area (Å²) >= 11 is 0. The molecule has 0 spiro atoms. The van der Waals surface area contributed by atoms with E-state index in [0.29, 0.717) is 5.56 Å². The third-order valence-corrected chi connectivity index (χ3v) is 2.23. The average Bonchev–Trinajstić information content (AvgIpc) is 2.47. The van der Waals surface area contributed by atoms with Crippen LogP contribution in [0.15, 0.2) is 18.2 Å². The number of carbonyl (C=O) groups is 1. The van der Waals surface area contributed by atoms with Crippen LogP contribution in [0.25, 0.3) is 0 Å². The van der Waals surface area contributed by atoms with Crippen molar-refractivity contribution in [2.45, 2.75) is 39.1 Å². The first kappa shape index (κ1) is 13.6. The van der Waals surface area contributed by atoms with Crippen LogP contribution in [0.2, 0.25) is 0 Å². The molecule has 4 nitrogen and oxygen atoms in total. The Morgan fingerprint density at radius 1 is 1.26 bits per heavy atom.